The number of amides is 1. The molecule has 150 valence electrons. The Labute approximate surface area is 168 Å². The first-order valence-electron chi connectivity index (χ1n) is 10.4. The van der Waals surface area contributed by atoms with Gasteiger partial charge in [-0.15, -0.1) is 11.3 Å². The summed E-state index contributed by atoms with van der Waals surface area (Å²) in [5.74, 6) is 1.11. The Balaban J connectivity index is 1.37. The van der Waals surface area contributed by atoms with Crippen molar-refractivity contribution < 1.29 is 9.90 Å². The molecule has 28 heavy (non-hydrogen) atoms. The van der Waals surface area contributed by atoms with Crippen molar-refractivity contribution in [3.05, 3.63) is 27.1 Å². The van der Waals surface area contributed by atoms with Crippen LogP contribution in [0.1, 0.15) is 49.5 Å². The summed E-state index contributed by atoms with van der Waals surface area (Å²) < 4.78 is 1.59. The van der Waals surface area contributed by atoms with Gasteiger partial charge in [-0.3, -0.25) is 14.2 Å². The average Bonchev–Trinajstić information content (AvgIpc) is 3.45. The van der Waals surface area contributed by atoms with E-state index in [4.69, 9.17) is 0 Å². The van der Waals surface area contributed by atoms with E-state index in [1.165, 1.54) is 10.4 Å². The highest BCUT2D eigenvalue weighted by Crippen LogP contribution is 2.36. The number of piperidine rings is 1. The predicted molar refractivity (Wildman–Crippen MR) is 109 cm³/mol. The van der Waals surface area contributed by atoms with Crippen molar-refractivity contribution in [1.29, 1.82) is 0 Å². The Hall–Kier alpha value is -1.73. The maximum atomic E-state index is 13.2. The molecular weight excluding hydrogens is 374 g/mol. The van der Waals surface area contributed by atoms with E-state index in [2.05, 4.69) is 11.9 Å². The van der Waals surface area contributed by atoms with Crippen LogP contribution in [0.5, 0.6) is 0 Å². The molecular formula is C21H27N3O3S. The summed E-state index contributed by atoms with van der Waals surface area (Å²) in [5, 5.41) is 11.8. The van der Waals surface area contributed by atoms with Gasteiger partial charge in [-0.2, -0.15) is 0 Å². The van der Waals surface area contributed by atoms with Gasteiger partial charge in [0.2, 0.25) is 5.91 Å². The molecule has 0 spiro atoms. The lowest BCUT2D eigenvalue weighted by Gasteiger charge is -2.38. The minimum Gasteiger partial charge on any atom is -0.388 e. The number of rotatable bonds is 3. The largest absolute Gasteiger partial charge is 0.388 e. The highest BCUT2D eigenvalue weighted by Gasteiger charge is 2.39. The number of thiophene rings is 1. The molecule has 1 N–H and O–H groups in total. The Morgan fingerprint density at radius 2 is 2.07 bits per heavy atom. The lowest BCUT2D eigenvalue weighted by Crippen LogP contribution is -2.50. The first-order chi connectivity index (χ1) is 13.4. The van der Waals surface area contributed by atoms with Crippen molar-refractivity contribution in [3.63, 3.8) is 0 Å². The zero-order valence-electron chi connectivity index (χ0n) is 16.3. The molecule has 3 heterocycles. The fraction of sp³-hybridized carbons (Fsp3) is 0.667. The summed E-state index contributed by atoms with van der Waals surface area (Å²) in [7, 11) is 0. The Kier molecular flexibility index (Phi) is 4.36. The molecule has 1 amide bonds. The summed E-state index contributed by atoms with van der Waals surface area (Å²) in [5.41, 5.74) is 0.202. The molecule has 0 radical (unpaired) electrons. The fourth-order valence-corrected chi connectivity index (χ4v) is 6.03. The topological polar surface area (TPSA) is 75.4 Å². The minimum atomic E-state index is -0.954. The molecule has 7 heteroatoms. The predicted octanol–water partition coefficient (Wildman–Crippen LogP) is 2.35. The number of likely N-dealkylation sites (tertiary alicyclic amines) is 1. The molecule has 2 aromatic rings. The minimum absolute atomic E-state index is 0.0260. The summed E-state index contributed by atoms with van der Waals surface area (Å²) >= 11 is 1.65. The third kappa shape index (κ3) is 3.18. The smallest absolute Gasteiger partial charge is 0.262 e. The van der Waals surface area contributed by atoms with Gasteiger partial charge >= 0.3 is 0 Å². The number of carbonyl (C=O) groups excluding carboxylic acids is 1. The Bertz CT molecular complexity index is 983. The van der Waals surface area contributed by atoms with Crippen molar-refractivity contribution in [1.82, 2.24) is 14.5 Å². The molecule has 0 bridgehead atoms. The number of hydrogen-bond acceptors (Lipinski definition) is 5. The maximum Gasteiger partial charge on any atom is 0.262 e. The highest BCUT2D eigenvalue weighted by molar-refractivity contribution is 7.18. The third-order valence-electron chi connectivity index (χ3n) is 6.68. The van der Waals surface area contributed by atoms with E-state index in [1.807, 2.05) is 4.90 Å². The van der Waals surface area contributed by atoms with Crippen molar-refractivity contribution in [2.75, 3.05) is 13.1 Å². The summed E-state index contributed by atoms with van der Waals surface area (Å²) in [6.07, 6.45) is 7.71. The molecule has 2 fully saturated rings. The normalized spacial score (nSPS) is 24.4. The van der Waals surface area contributed by atoms with Gasteiger partial charge in [0.25, 0.3) is 5.56 Å². The maximum absolute atomic E-state index is 13.2. The number of fused-ring (bicyclic) bond motifs is 3. The molecule has 6 nitrogen and oxygen atoms in total. The molecule has 1 saturated heterocycles. The van der Waals surface area contributed by atoms with Crippen LogP contribution in [0.4, 0.5) is 0 Å². The highest BCUT2D eigenvalue weighted by atomic mass is 32.1. The van der Waals surface area contributed by atoms with Gasteiger partial charge in [0.1, 0.15) is 4.83 Å². The quantitative estimate of drug-likeness (QED) is 0.857. The van der Waals surface area contributed by atoms with Crippen LogP contribution in [0.15, 0.2) is 11.1 Å². The van der Waals surface area contributed by atoms with Gasteiger partial charge in [-0.05, 0) is 56.4 Å². The van der Waals surface area contributed by atoms with Crippen LogP contribution < -0.4 is 5.56 Å². The van der Waals surface area contributed by atoms with Gasteiger partial charge in [0.15, 0.2) is 0 Å². The van der Waals surface area contributed by atoms with E-state index in [9.17, 15) is 14.7 Å². The monoisotopic (exact) mass is 401 g/mol. The number of nitrogens with zero attached hydrogens (tertiary/aromatic N) is 3. The van der Waals surface area contributed by atoms with Crippen molar-refractivity contribution in [2.45, 2.75) is 64.0 Å². The van der Waals surface area contributed by atoms with Gasteiger partial charge in [-0.1, -0.05) is 6.92 Å². The van der Waals surface area contributed by atoms with Crippen molar-refractivity contribution in [2.24, 2.45) is 11.8 Å². The number of aliphatic hydroxyl groups is 1. The second-order valence-corrected chi connectivity index (χ2v) is 10.1. The standard InChI is InChI=1S/C21H27N3O3S/c1-13-2-5-15-16(10-13)28-18-17(15)20(26)24(12-22-18)11-21(27)6-8-23(9-7-21)19(25)14-3-4-14/h12-14,27H,2-11H2,1H3. The number of aryl methyl sites for hydroxylation is 1. The van der Waals surface area contributed by atoms with Crippen LogP contribution in [0, 0.1) is 11.8 Å². The molecule has 0 aromatic carbocycles. The van der Waals surface area contributed by atoms with E-state index < -0.39 is 5.60 Å². The summed E-state index contributed by atoms with van der Waals surface area (Å²) in [6, 6.07) is 0. The van der Waals surface area contributed by atoms with Crippen LogP contribution in [0.3, 0.4) is 0 Å². The molecule has 2 aliphatic carbocycles. The van der Waals surface area contributed by atoms with E-state index in [0.717, 1.165) is 42.3 Å². The number of hydrogen-bond donors (Lipinski definition) is 1. The lowest BCUT2D eigenvalue weighted by molar-refractivity contribution is -0.137. The van der Waals surface area contributed by atoms with Gasteiger partial charge < -0.3 is 10.0 Å². The molecule has 1 unspecified atom stereocenters. The molecule has 1 atom stereocenters. The van der Waals surface area contributed by atoms with Crippen LogP contribution in [0.2, 0.25) is 0 Å². The fourth-order valence-electron chi connectivity index (χ4n) is 4.69. The average molecular weight is 402 g/mol. The van der Waals surface area contributed by atoms with E-state index in [0.29, 0.717) is 31.8 Å². The summed E-state index contributed by atoms with van der Waals surface area (Å²) in [6.45, 7) is 3.65. The van der Waals surface area contributed by atoms with Crippen LogP contribution in [-0.2, 0) is 24.2 Å². The van der Waals surface area contributed by atoms with Crippen molar-refractivity contribution >= 4 is 27.5 Å². The van der Waals surface area contributed by atoms with E-state index in [1.54, 1.807) is 22.2 Å². The van der Waals surface area contributed by atoms with Crippen LogP contribution in [-0.4, -0.2) is 44.2 Å². The Morgan fingerprint density at radius 3 is 2.79 bits per heavy atom. The zero-order chi connectivity index (χ0) is 19.5. The number of carbonyl (C=O) groups is 1. The second kappa shape index (κ2) is 6.66. The molecule has 5 rings (SSSR count). The second-order valence-electron chi connectivity index (χ2n) is 9.03. The van der Waals surface area contributed by atoms with Gasteiger partial charge in [0, 0.05) is 23.9 Å². The lowest BCUT2D eigenvalue weighted by atomic mass is 9.89. The molecule has 1 saturated carbocycles. The first kappa shape index (κ1) is 18.3. The van der Waals surface area contributed by atoms with Gasteiger partial charge in [0.05, 0.1) is 23.9 Å². The third-order valence-corrected chi connectivity index (χ3v) is 7.84. The van der Waals surface area contributed by atoms with Gasteiger partial charge in [-0.25, -0.2) is 4.98 Å². The zero-order valence-corrected chi connectivity index (χ0v) is 17.1. The Morgan fingerprint density at radius 1 is 1.32 bits per heavy atom. The van der Waals surface area contributed by atoms with Crippen molar-refractivity contribution in [3.8, 4) is 0 Å². The SMILES string of the molecule is CC1CCc2c(sc3ncn(CC4(O)CCN(C(=O)C5CC5)CC4)c(=O)c23)C1. The van der Waals surface area contributed by atoms with E-state index >= 15 is 0 Å². The molecule has 3 aliphatic rings. The van der Waals surface area contributed by atoms with E-state index in [-0.39, 0.29) is 23.9 Å². The van der Waals surface area contributed by atoms with Crippen LogP contribution in [0.25, 0.3) is 10.2 Å². The molecule has 2 aromatic heterocycles. The number of aromatic nitrogens is 2. The van der Waals surface area contributed by atoms with Crippen LogP contribution >= 0.6 is 11.3 Å². The molecule has 1 aliphatic heterocycles. The summed E-state index contributed by atoms with van der Waals surface area (Å²) in [4.78, 5) is 34.0. The first-order valence-corrected chi connectivity index (χ1v) is 11.3.